The number of amides is 1. The zero-order chi connectivity index (χ0) is 26.1. The summed E-state index contributed by atoms with van der Waals surface area (Å²) in [4.78, 5) is 26.5. The van der Waals surface area contributed by atoms with Crippen LogP contribution >= 0.6 is 0 Å². The molecule has 2 aliphatic carbocycles. The van der Waals surface area contributed by atoms with Crippen LogP contribution in [0.3, 0.4) is 0 Å². The summed E-state index contributed by atoms with van der Waals surface area (Å²) in [6, 6.07) is 9.81. The van der Waals surface area contributed by atoms with Crippen molar-refractivity contribution in [2.45, 2.75) is 64.7 Å². The SMILES string of the molecule is CC(=O)O[C@@H]1/C=C/[C@](C)(O)C[C@@H](C)C/C=C/[C@H]2C=C(CO)[C@@H](C)[C@H]3[C@H](Cc4ccccc4)NC(=O)C321. The second-order valence-corrected chi connectivity index (χ2v) is 11.2. The topological polar surface area (TPSA) is 95.9 Å². The second-order valence-electron chi connectivity index (χ2n) is 11.2. The molecule has 8 atom stereocenters. The molecule has 1 aromatic carbocycles. The standard InChI is InChI=1S/C30H39NO5/c1-19-9-8-12-24-16-23(18-32)20(2)27-25(15-22-10-6-5-7-11-22)31-28(34)30(24,27)26(36-21(3)33)13-14-29(4,35)17-19/h5-8,10-14,16,19-20,24-27,32,35H,9,15,17-18H2,1-4H3,(H,31,34)/b12-8+,14-13+/t19-,20+,24-,25-,26+,27-,29-,30?/m0/s1. The number of aliphatic hydroxyl groups is 2. The first-order chi connectivity index (χ1) is 17.1. The van der Waals surface area contributed by atoms with Gasteiger partial charge in [-0.05, 0) is 55.2 Å². The average molecular weight is 494 g/mol. The Morgan fingerprint density at radius 2 is 1.92 bits per heavy atom. The fourth-order valence-electron chi connectivity index (χ4n) is 6.80. The molecule has 3 aliphatic rings. The first-order valence-corrected chi connectivity index (χ1v) is 13.0. The third-order valence-corrected chi connectivity index (χ3v) is 8.28. The van der Waals surface area contributed by atoms with Crippen LogP contribution in [0.15, 0.2) is 66.3 Å². The molecule has 1 amide bonds. The van der Waals surface area contributed by atoms with Crippen LogP contribution in [0.4, 0.5) is 0 Å². The van der Waals surface area contributed by atoms with Gasteiger partial charge in [-0.2, -0.15) is 0 Å². The van der Waals surface area contributed by atoms with Gasteiger partial charge in [0.15, 0.2) is 0 Å². The normalized spacial score (nSPS) is 40.1. The molecule has 0 bridgehead atoms. The van der Waals surface area contributed by atoms with Crippen LogP contribution in [0.2, 0.25) is 0 Å². The maximum atomic E-state index is 14.1. The Bertz CT molecular complexity index is 1060. The van der Waals surface area contributed by atoms with Gasteiger partial charge in [-0.3, -0.25) is 9.59 Å². The van der Waals surface area contributed by atoms with Crippen LogP contribution < -0.4 is 5.32 Å². The number of nitrogens with one attached hydrogen (secondary N) is 1. The Labute approximate surface area is 214 Å². The molecule has 1 aromatic rings. The molecule has 0 radical (unpaired) electrons. The molecule has 1 fully saturated rings. The molecule has 1 spiro atoms. The minimum Gasteiger partial charge on any atom is -0.457 e. The fraction of sp³-hybridized carbons (Fsp3) is 0.533. The maximum Gasteiger partial charge on any atom is 0.303 e. The number of esters is 1. The second kappa shape index (κ2) is 10.3. The highest BCUT2D eigenvalue weighted by Gasteiger charge is 2.66. The van der Waals surface area contributed by atoms with Crippen LogP contribution in [0, 0.1) is 29.1 Å². The van der Waals surface area contributed by atoms with E-state index in [1.807, 2.05) is 49.4 Å². The van der Waals surface area contributed by atoms with E-state index in [9.17, 15) is 19.8 Å². The number of carbonyl (C=O) groups is 2. The van der Waals surface area contributed by atoms with E-state index in [0.717, 1.165) is 17.6 Å². The van der Waals surface area contributed by atoms with Crippen molar-refractivity contribution >= 4 is 11.9 Å². The summed E-state index contributed by atoms with van der Waals surface area (Å²) in [6.45, 7) is 7.14. The third kappa shape index (κ3) is 4.94. The lowest BCUT2D eigenvalue weighted by Crippen LogP contribution is -2.55. The monoisotopic (exact) mass is 493 g/mol. The van der Waals surface area contributed by atoms with E-state index in [4.69, 9.17) is 4.74 Å². The van der Waals surface area contributed by atoms with Gasteiger partial charge < -0.3 is 20.3 Å². The van der Waals surface area contributed by atoms with Crippen LogP contribution in [0.1, 0.15) is 46.1 Å². The van der Waals surface area contributed by atoms with E-state index >= 15 is 0 Å². The number of carbonyl (C=O) groups excluding carboxylic acids is 2. The van der Waals surface area contributed by atoms with Gasteiger partial charge in [0.1, 0.15) is 11.5 Å². The van der Waals surface area contributed by atoms with E-state index in [1.54, 1.807) is 19.1 Å². The molecule has 1 heterocycles. The summed E-state index contributed by atoms with van der Waals surface area (Å²) < 4.78 is 5.92. The average Bonchev–Trinajstić information content (AvgIpc) is 3.10. The zero-order valence-corrected chi connectivity index (χ0v) is 21.7. The summed E-state index contributed by atoms with van der Waals surface area (Å²) in [5, 5.41) is 24.6. The Kier molecular flexibility index (Phi) is 7.58. The largest absolute Gasteiger partial charge is 0.457 e. The predicted molar refractivity (Wildman–Crippen MR) is 139 cm³/mol. The number of ether oxygens (including phenoxy) is 1. The van der Waals surface area contributed by atoms with Crippen molar-refractivity contribution in [1.29, 1.82) is 0 Å². The predicted octanol–water partition coefficient (Wildman–Crippen LogP) is 3.74. The molecular weight excluding hydrogens is 454 g/mol. The highest BCUT2D eigenvalue weighted by Crippen LogP contribution is 2.56. The summed E-state index contributed by atoms with van der Waals surface area (Å²) in [7, 11) is 0. The van der Waals surface area contributed by atoms with Gasteiger partial charge in [0.05, 0.1) is 12.2 Å². The molecule has 6 nitrogen and oxygen atoms in total. The molecular formula is C30H39NO5. The summed E-state index contributed by atoms with van der Waals surface area (Å²) in [5.41, 5.74) is -0.227. The first kappa shape index (κ1) is 26.4. The van der Waals surface area contributed by atoms with Gasteiger partial charge >= 0.3 is 5.97 Å². The van der Waals surface area contributed by atoms with Gasteiger partial charge in [-0.1, -0.05) is 68.5 Å². The number of allylic oxidation sites excluding steroid dienone is 3. The number of hydrogen-bond donors (Lipinski definition) is 3. The van der Waals surface area contributed by atoms with E-state index in [2.05, 4.69) is 18.3 Å². The molecule has 0 aromatic heterocycles. The molecule has 1 aliphatic heterocycles. The molecule has 36 heavy (non-hydrogen) atoms. The molecule has 4 rings (SSSR count). The number of aliphatic hydroxyl groups excluding tert-OH is 1. The van der Waals surface area contributed by atoms with Crippen LogP contribution in [-0.4, -0.2) is 46.4 Å². The minimum absolute atomic E-state index is 0.0937. The molecule has 1 unspecified atom stereocenters. The smallest absolute Gasteiger partial charge is 0.303 e. The molecule has 194 valence electrons. The molecule has 3 N–H and O–H groups in total. The summed E-state index contributed by atoms with van der Waals surface area (Å²) >= 11 is 0. The van der Waals surface area contributed by atoms with Crippen LogP contribution in [-0.2, 0) is 20.7 Å². The lowest BCUT2D eigenvalue weighted by Gasteiger charge is -2.48. The van der Waals surface area contributed by atoms with Crippen LogP contribution in [0.25, 0.3) is 0 Å². The lowest BCUT2D eigenvalue weighted by atomic mass is 9.54. The minimum atomic E-state index is -1.11. The number of rotatable bonds is 4. The highest BCUT2D eigenvalue weighted by atomic mass is 16.5. The van der Waals surface area contributed by atoms with Crippen molar-refractivity contribution in [3.05, 3.63) is 71.8 Å². The Morgan fingerprint density at radius 1 is 1.19 bits per heavy atom. The third-order valence-electron chi connectivity index (χ3n) is 8.28. The Hall–Kier alpha value is -2.70. The number of hydrogen-bond acceptors (Lipinski definition) is 5. The van der Waals surface area contributed by atoms with Gasteiger partial charge in [-0.25, -0.2) is 0 Å². The zero-order valence-electron chi connectivity index (χ0n) is 21.7. The Balaban J connectivity index is 1.92. The fourth-order valence-corrected chi connectivity index (χ4v) is 6.80. The van der Waals surface area contributed by atoms with Crippen molar-refractivity contribution in [2.24, 2.45) is 29.1 Å². The van der Waals surface area contributed by atoms with E-state index in [1.165, 1.54) is 6.92 Å². The van der Waals surface area contributed by atoms with Crippen molar-refractivity contribution in [3.63, 3.8) is 0 Å². The summed E-state index contributed by atoms with van der Waals surface area (Å²) in [5.74, 6) is -1.18. The summed E-state index contributed by atoms with van der Waals surface area (Å²) in [6.07, 6.45) is 10.6. The van der Waals surface area contributed by atoms with Gasteiger partial charge in [0, 0.05) is 24.8 Å². The van der Waals surface area contributed by atoms with Crippen molar-refractivity contribution in [2.75, 3.05) is 6.61 Å². The van der Waals surface area contributed by atoms with Gasteiger partial charge in [0.25, 0.3) is 0 Å². The molecule has 1 saturated heterocycles. The molecule has 0 saturated carbocycles. The van der Waals surface area contributed by atoms with Crippen molar-refractivity contribution < 1.29 is 24.5 Å². The van der Waals surface area contributed by atoms with E-state index in [0.29, 0.717) is 12.8 Å². The maximum absolute atomic E-state index is 14.1. The highest BCUT2D eigenvalue weighted by molar-refractivity contribution is 5.89. The quantitative estimate of drug-likeness (QED) is 0.439. The van der Waals surface area contributed by atoms with Gasteiger partial charge in [0.2, 0.25) is 5.91 Å². The van der Waals surface area contributed by atoms with E-state index in [-0.39, 0.29) is 42.2 Å². The number of benzene rings is 1. The van der Waals surface area contributed by atoms with E-state index < -0.39 is 23.1 Å². The lowest BCUT2D eigenvalue weighted by molar-refractivity contribution is -0.159. The molecule has 6 heteroatoms. The van der Waals surface area contributed by atoms with Gasteiger partial charge in [-0.15, -0.1) is 0 Å². The first-order valence-electron chi connectivity index (χ1n) is 13.0. The van der Waals surface area contributed by atoms with Crippen molar-refractivity contribution in [3.8, 4) is 0 Å². The van der Waals surface area contributed by atoms with Crippen molar-refractivity contribution in [1.82, 2.24) is 5.32 Å². The Morgan fingerprint density at radius 3 is 2.58 bits per heavy atom. The van der Waals surface area contributed by atoms with Crippen LogP contribution in [0.5, 0.6) is 0 Å².